The van der Waals surface area contributed by atoms with E-state index in [-0.39, 0.29) is 23.8 Å². The maximum atomic E-state index is 13.8. The van der Waals surface area contributed by atoms with Gasteiger partial charge >= 0.3 is 5.63 Å². The van der Waals surface area contributed by atoms with E-state index >= 15 is 0 Å². The van der Waals surface area contributed by atoms with Crippen LogP contribution in [0.2, 0.25) is 0 Å². The first-order valence-corrected chi connectivity index (χ1v) is 12.7. The normalized spacial score (nSPS) is 14.5. The molecule has 10 nitrogen and oxygen atoms in total. The fourth-order valence-corrected chi connectivity index (χ4v) is 5.13. The van der Waals surface area contributed by atoms with Gasteiger partial charge in [-0.25, -0.2) is 4.79 Å². The molecule has 0 saturated heterocycles. The minimum Gasteiger partial charge on any atom is -0.493 e. The summed E-state index contributed by atoms with van der Waals surface area (Å²) in [6.45, 7) is 3.90. The molecule has 5 rings (SSSR count). The molecule has 0 radical (unpaired) electrons. The number of amides is 1. The van der Waals surface area contributed by atoms with E-state index in [1.54, 1.807) is 43.2 Å². The third kappa shape index (κ3) is 4.95. The molecule has 0 aliphatic carbocycles. The number of benzene rings is 3. The Balaban J connectivity index is 1.53. The molecule has 0 spiro atoms. The number of fused-ring (bicyclic) bond motifs is 2. The predicted molar refractivity (Wildman–Crippen MR) is 148 cm³/mol. The van der Waals surface area contributed by atoms with Gasteiger partial charge in [-0.15, -0.1) is 0 Å². The zero-order valence-corrected chi connectivity index (χ0v) is 22.6. The third-order valence-electron chi connectivity index (χ3n) is 7.25. The van der Waals surface area contributed by atoms with Crippen molar-refractivity contribution < 1.29 is 28.3 Å². The molecule has 10 heteroatoms. The van der Waals surface area contributed by atoms with Crippen LogP contribution in [-0.4, -0.2) is 43.1 Å². The summed E-state index contributed by atoms with van der Waals surface area (Å²) in [5.74, 6) is 1.20. The van der Waals surface area contributed by atoms with Crippen LogP contribution in [0.15, 0.2) is 63.8 Å². The Labute approximate surface area is 229 Å². The molecular weight excluding hydrogens is 516 g/mol. The Hall–Kier alpha value is -4.86. The van der Waals surface area contributed by atoms with E-state index in [9.17, 15) is 19.7 Å². The van der Waals surface area contributed by atoms with Crippen LogP contribution in [0.5, 0.6) is 17.2 Å². The molecule has 4 aromatic rings. The fraction of sp³-hybridized carbons (Fsp3) is 0.267. The van der Waals surface area contributed by atoms with Gasteiger partial charge < -0.3 is 23.5 Å². The van der Waals surface area contributed by atoms with Gasteiger partial charge in [0.05, 0.1) is 25.2 Å². The summed E-state index contributed by atoms with van der Waals surface area (Å²) < 4.78 is 22.6. The van der Waals surface area contributed by atoms with Crippen LogP contribution in [0.1, 0.15) is 38.7 Å². The van der Waals surface area contributed by atoms with Crippen molar-refractivity contribution in [2.24, 2.45) is 0 Å². The summed E-state index contributed by atoms with van der Waals surface area (Å²) in [6.07, 6.45) is 0.548. The summed E-state index contributed by atoms with van der Waals surface area (Å²) in [5.41, 5.74) is 3.12. The number of rotatable bonds is 7. The number of aryl methyl sites for hydroxylation is 2. The van der Waals surface area contributed by atoms with Crippen molar-refractivity contribution in [1.82, 2.24) is 4.90 Å². The summed E-state index contributed by atoms with van der Waals surface area (Å²) in [4.78, 5) is 38.4. The van der Waals surface area contributed by atoms with E-state index in [1.165, 1.54) is 19.2 Å². The summed E-state index contributed by atoms with van der Waals surface area (Å²) in [6, 6.07) is 14.4. The summed E-state index contributed by atoms with van der Waals surface area (Å²) in [7, 11) is 3.10. The van der Waals surface area contributed by atoms with Gasteiger partial charge in [-0.3, -0.25) is 14.9 Å². The molecule has 0 bridgehead atoms. The van der Waals surface area contributed by atoms with Gasteiger partial charge in [-0.2, -0.15) is 0 Å². The number of methoxy groups -OCH3 is 2. The molecular formula is C30H28N2O8. The van der Waals surface area contributed by atoms with E-state index < -0.39 is 16.6 Å². The lowest BCUT2D eigenvalue weighted by molar-refractivity contribution is -0.385. The van der Waals surface area contributed by atoms with Gasteiger partial charge in [-0.1, -0.05) is 6.07 Å². The smallest absolute Gasteiger partial charge is 0.336 e. The predicted octanol–water partition coefficient (Wildman–Crippen LogP) is 5.15. The molecule has 1 atom stereocenters. The van der Waals surface area contributed by atoms with Crippen LogP contribution in [0, 0.1) is 24.0 Å². The minimum atomic E-state index is -0.545. The summed E-state index contributed by atoms with van der Waals surface area (Å²) >= 11 is 0. The van der Waals surface area contributed by atoms with Gasteiger partial charge in [0.25, 0.3) is 11.6 Å². The molecule has 1 amide bonds. The number of ether oxygens (including phenoxy) is 3. The highest BCUT2D eigenvalue weighted by Crippen LogP contribution is 2.39. The van der Waals surface area contributed by atoms with Crippen molar-refractivity contribution in [3.63, 3.8) is 0 Å². The van der Waals surface area contributed by atoms with Gasteiger partial charge in [0.2, 0.25) is 0 Å². The second-order valence-corrected chi connectivity index (χ2v) is 9.65. The SMILES string of the molecule is COc1cc2c(cc1OC)C(COc1ccc3c(C)cc(=O)oc3c1)N(C(=O)c1ccc(C)c([N+](=O)[O-])c1)CC2. The zero-order valence-electron chi connectivity index (χ0n) is 22.6. The number of nitrogens with zero attached hydrogens (tertiary/aromatic N) is 2. The monoisotopic (exact) mass is 544 g/mol. The van der Waals surface area contributed by atoms with Crippen LogP contribution in [0.3, 0.4) is 0 Å². The first-order chi connectivity index (χ1) is 19.2. The highest BCUT2D eigenvalue weighted by molar-refractivity contribution is 5.95. The quantitative estimate of drug-likeness (QED) is 0.178. The molecule has 1 unspecified atom stereocenters. The topological polar surface area (TPSA) is 121 Å². The molecule has 3 aromatic carbocycles. The third-order valence-corrected chi connectivity index (χ3v) is 7.25. The molecule has 0 saturated carbocycles. The molecule has 0 fully saturated rings. The Morgan fingerprint density at radius 1 is 1.02 bits per heavy atom. The van der Waals surface area contributed by atoms with E-state index in [2.05, 4.69) is 0 Å². The largest absolute Gasteiger partial charge is 0.493 e. The zero-order chi connectivity index (χ0) is 28.6. The van der Waals surface area contributed by atoms with Crippen molar-refractivity contribution in [2.45, 2.75) is 26.3 Å². The van der Waals surface area contributed by atoms with E-state index in [0.717, 1.165) is 22.1 Å². The lowest BCUT2D eigenvalue weighted by Crippen LogP contribution is -2.42. The molecule has 2 heterocycles. The van der Waals surface area contributed by atoms with Crippen molar-refractivity contribution in [3.05, 3.63) is 103 Å². The van der Waals surface area contributed by atoms with E-state index in [0.29, 0.717) is 41.4 Å². The molecule has 40 heavy (non-hydrogen) atoms. The van der Waals surface area contributed by atoms with Crippen LogP contribution < -0.4 is 19.8 Å². The Morgan fingerprint density at radius 2 is 1.77 bits per heavy atom. The number of hydrogen-bond acceptors (Lipinski definition) is 8. The first-order valence-electron chi connectivity index (χ1n) is 12.7. The average molecular weight is 545 g/mol. The average Bonchev–Trinajstić information content (AvgIpc) is 2.94. The van der Waals surface area contributed by atoms with Gasteiger partial charge in [0, 0.05) is 41.3 Å². The van der Waals surface area contributed by atoms with Crippen molar-refractivity contribution in [3.8, 4) is 17.2 Å². The molecule has 1 aliphatic heterocycles. The van der Waals surface area contributed by atoms with Crippen LogP contribution in [0.4, 0.5) is 5.69 Å². The van der Waals surface area contributed by atoms with E-state index in [4.69, 9.17) is 18.6 Å². The molecule has 1 aromatic heterocycles. The molecule has 1 aliphatic rings. The fourth-order valence-electron chi connectivity index (χ4n) is 5.13. The van der Waals surface area contributed by atoms with Crippen molar-refractivity contribution >= 4 is 22.6 Å². The lowest BCUT2D eigenvalue weighted by atomic mass is 9.91. The van der Waals surface area contributed by atoms with E-state index in [1.807, 2.05) is 25.1 Å². The first kappa shape index (κ1) is 26.7. The second-order valence-electron chi connectivity index (χ2n) is 9.65. The maximum Gasteiger partial charge on any atom is 0.336 e. The number of carbonyl (C=O) groups excluding carboxylic acids is 1. The van der Waals surface area contributed by atoms with Crippen molar-refractivity contribution in [1.29, 1.82) is 0 Å². The maximum absolute atomic E-state index is 13.8. The van der Waals surface area contributed by atoms with Gasteiger partial charge in [0.1, 0.15) is 17.9 Å². The van der Waals surface area contributed by atoms with Gasteiger partial charge in [0.15, 0.2) is 11.5 Å². The highest BCUT2D eigenvalue weighted by Gasteiger charge is 2.34. The number of nitro benzene ring substituents is 1. The Kier molecular flexibility index (Phi) is 7.17. The number of hydrogen-bond donors (Lipinski definition) is 0. The summed E-state index contributed by atoms with van der Waals surface area (Å²) in [5, 5.41) is 12.3. The Morgan fingerprint density at radius 3 is 2.50 bits per heavy atom. The van der Waals surface area contributed by atoms with Crippen molar-refractivity contribution in [2.75, 3.05) is 27.4 Å². The number of carbonyl (C=O) groups is 1. The highest BCUT2D eigenvalue weighted by atomic mass is 16.6. The van der Waals surface area contributed by atoms with Crippen LogP contribution in [0.25, 0.3) is 11.0 Å². The molecule has 206 valence electrons. The minimum absolute atomic E-state index is 0.0731. The Bertz CT molecular complexity index is 1690. The molecule has 0 N–H and O–H groups in total. The standard InChI is InChI=1S/C30H28N2O8/c1-17-5-6-20(12-24(17)32(35)36)30(34)31-10-9-19-13-27(37-3)28(38-4)15-23(19)25(31)16-39-21-7-8-22-18(2)11-29(33)40-26(22)14-21/h5-8,11-15,25H,9-10,16H2,1-4H3. The lowest BCUT2D eigenvalue weighted by Gasteiger charge is -2.37. The van der Waals surface area contributed by atoms with Crippen LogP contribution in [-0.2, 0) is 6.42 Å². The van der Waals surface area contributed by atoms with Gasteiger partial charge in [-0.05, 0) is 67.3 Å². The number of nitro groups is 1. The van der Waals surface area contributed by atoms with Crippen LogP contribution >= 0.6 is 0 Å². The second kappa shape index (κ2) is 10.7.